The molecule has 8 nitrogen and oxygen atoms in total. The van der Waals surface area contributed by atoms with Gasteiger partial charge in [-0.3, -0.25) is 24.5 Å². The number of nitro benzene ring substituents is 1. The number of ether oxygens (including phenoxy) is 1. The normalized spacial score (nSPS) is 11.5. The minimum Gasteiger partial charge on any atom is -0.453 e. The quantitative estimate of drug-likeness (QED) is 0.318. The molecule has 2 aromatic rings. The number of nitrogens with zero attached hydrogens (tertiary/aromatic N) is 1. The molecule has 27 heavy (non-hydrogen) atoms. The fourth-order valence-corrected chi connectivity index (χ4v) is 2.75. The number of benzene rings is 1. The average molecular weight is 394 g/mol. The van der Waals surface area contributed by atoms with Gasteiger partial charge in [0, 0.05) is 18.2 Å². The van der Waals surface area contributed by atoms with Crippen molar-refractivity contribution in [2.75, 3.05) is 5.32 Å². The van der Waals surface area contributed by atoms with Crippen LogP contribution in [0.4, 0.5) is 15.8 Å². The molecule has 1 aromatic carbocycles. The van der Waals surface area contributed by atoms with E-state index >= 15 is 0 Å². The second-order valence-corrected chi connectivity index (χ2v) is 6.39. The molecule has 0 fully saturated rings. The van der Waals surface area contributed by atoms with Crippen molar-refractivity contribution in [3.8, 4) is 0 Å². The summed E-state index contributed by atoms with van der Waals surface area (Å²) in [5.74, 6) is -2.70. The summed E-state index contributed by atoms with van der Waals surface area (Å²) in [5.41, 5.74) is -0.798. The van der Waals surface area contributed by atoms with Crippen molar-refractivity contribution in [2.24, 2.45) is 0 Å². The molecule has 0 saturated heterocycles. The third kappa shape index (κ3) is 5.68. The van der Waals surface area contributed by atoms with Gasteiger partial charge in [0.05, 0.1) is 16.2 Å². The first-order valence-electron chi connectivity index (χ1n) is 7.79. The maximum atomic E-state index is 13.3. The Kier molecular flexibility index (Phi) is 6.72. The van der Waals surface area contributed by atoms with E-state index in [1.165, 1.54) is 18.3 Å². The van der Waals surface area contributed by atoms with Crippen molar-refractivity contribution in [3.05, 3.63) is 56.5 Å². The molecule has 0 radical (unpaired) electrons. The van der Waals surface area contributed by atoms with E-state index in [4.69, 9.17) is 4.74 Å². The third-order valence-electron chi connectivity index (χ3n) is 3.44. The summed E-state index contributed by atoms with van der Waals surface area (Å²) in [6.45, 7) is 1.31. The molecule has 0 spiro atoms. The molecule has 1 atom stereocenters. The maximum absolute atomic E-state index is 13.3. The molecule has 0 unspecified atom stereocenters. The van der Waals surface area contributed by atoms with Gasteiger partial charge in [0.25, 0.3) is 5.91 Å². The van der Waals surface area contributed by atoms with Gasteiger partial charge in [-0.15, -0.1) is 11.3 Å². The summed E-state index contributed by atoms with van der Waals surface area (Å²) in [6, 6.07) is 6.23. The topological polar surface area (TPSA) is 116 Å². The van der Waals surface area contributed by atoms with Crippen molar-refractivity contribution >= 4 is 40.4 Å². The lowest BCUT2D eigenvalue weighted by Crippen LogP contribution is -2.30. The van der Waals surface area contributed by atoms with E-state index in [-0.39, 0.29) is 24.3 Å². The Balaban J connectivity index is 1.86. The van der Waals surface area contributed by atoms with Gasteiger partial charge in [0.2, 0.25) is 5.82 Å². The second-order valence-electron chi connectivity index (χ2n) is 5.45. The van der Waals surface area contributed by atoms with E-state index in [2.05, 4.69) is 5.32 Å². The van der Waals surface area contributed by atoms with E-state index in [1.807, 2.05) is 0 Å². The number of rotatable bonds is 8. The maximum Gasteiger partial charge on any atom is 0.307 e. The highest BCUT2D eigenvalue weighted by molar-refractivity contribution is 7.12. The highest BCUT2D eigenvalue weighted by Crippen LogP contribution is 2.22. The van der Waals surface area contributed by atoms with Gasteiger partial charge in [-0.25, -0.2) is 0 Å². The number of nitro groups is 1. The van der Waals surface area contributed by atoms with Crippen molar-refractivity contribution < 1.29 is 28.4 Å². The van der Waals surface area contributed by atoms with Crippen molar-refractivity contribution in [1.82, 2.24) is 0 Å². The molecule has 1 amide bonds. The number of carbonyl (C=O) groups is 3. The third-order valence-corrected chi connectivity index (χ3v) is 4.35. The number of carbonyl (C=O) groups excluding carboxylic acids is 3. The van der Waals surface area contributed by atoms with Gasteiger partial charge < -0.3 is 10.1 Å². The minimum atomic E-state index is -1.20. The molecule has 10 heteroatoms. The summed E-state index contributed by atoms with van der Waals surface area (Å²) in [4.78, 5) is 46.0. The Bertz CT molecular complexity index is 868. The average Bonchev–Trinajstić information content (AvgIpc) is 3.15. The standard InChI is InChI=1S/C17H15FN2O6S/c1-10(26-16(22)7-6-14(21)15-3-2-8-27-15)17(23)19-11-4-5-12(18)13(9-11)20(24)25/h2-5,8-10H,6-7H2,1H3,(H,19,23)/t10-/m1/s1. The molecule has 0 aliphatic heterocycles. The molecule has 142 valence electrons. The lowest BCUT2D eigenvalue weighted by Gasteiger charge is -2.13. The molecular formula is C17H15FN2O6S. The number of ketones is 1. The zero-order chi connectivity index (χ0) is 20.0. The van der Waals surface area contributed by atoms with Crippen LogP contribution in [0.15, 0.2) is 35.7 Å². The van der Waals surface area contributed by atoms with Gasteiger partial charge in [-0.05, 0) is 30.5 Å². The SMILES string of the molecule is C[C@@H](OC(=O)CCC(=O)c1cccs1)C(=O)Nc1ccc(F)c([N+](=O)[O-])c1. The Labute approximate surface area is 157 Å². The van der Waals surface area contributed by atoms with Crippen molar-refractivity contribution in [1.29, 1.82) is 0 Å². The van der Waals surface area contributed by atoms with Crippen molar-refractivity contribution in [3.63, 3.8) is 0 Å². The number of nitrogens with one attached hydrogen (secondary N) is 1. The first-order valence-corrected chi connectivity index (χ1v) is 8.67. The second kappa shape index (κ2) is 8.99. The predicted octanol–water partition coefficient (Wildman–Crippen LogP) is 3.33. The van der Waals surface area contributed by atoms with Gasteiger partial charge in [0.1, 0.15) is 0 Å². The van der Waals surface area contributed by atoms with E-state index in [0.717, 1.165) is 18.2 Å². The summed E-state index contributed by atoms with van der Waals surface area (Å²) < 4.78 is 18.2. The Morgan fingerprint density at radius 3 is 2.67 bits per heavy atom. The van der Waals surface area contributed by atoms with E-state index in [9.17, 15) is 28.9 Å². The van der Waals surface area contributed by atoms with Crippen LogP contribution in [0.5, 0.6) is 0 Å². The van der Waals surface area contributed by atoms with E-state index in [0.29, 0.717) is 4.88 Å². The summed E-state index contributed by atoms with van der Waals surface area (Å²) >= 11 is 1.27. The number of halogens is 1. The van der Waals surface area contributed by atoms with Gasteiger partial charge in [-0.2, -0.15) is 4.39 Å². The molecule has 1 aromatic heterocycles. The highest BCUT2D eigenvalue weighted by Gasteiger charge is 2.21. The Morgan fingerprint density at radius 1 is 1.30 bits per heavy atom. The van der Waals surface area contributed by atoms with E-state index < -0.39 is 34.4 Å². The zero-order valence-corrected chi connectivity index (χ0v) is 15.0. The molecule has 1 N–H and O–H groups in total. The smallest absolute Gasteiger partial charge is 0.307 e. The van der Waals surface area contributed by atoms with Crippen LogP contribution >= 0.6 is 11.3 Å². The number of esters is 1. The van der Waals surface area contributed by atoms with Crippen LogP contribution in [0.3, 0.4) is 0 Å². The first kappa shape index (κ1) is 20.2. The van der Waals surface area contributed by atoms with Crippen molar-refractivity contribution in [2.45, 2.75) is 25.9 Å². The van der Waals surface area contributed by atoms with Gasteiger partial charge >= 0.3 is 11.7 Å². The lowest BCUT2D eigenvalue weighted by molar-refractivity contribution is -0.387. The number of hydrogen-bond acceptors (Lipinski definition) is 7. The highest BCUT2D eigenvalue weighted by atomic mass is 32.1. The molecule has 0 saturated carbocycles. The molecule has 0 bridgehead atoms. The molecule has 0 aliphatic carbocycles. The summed E-state index contributed by atoms with van der Waals surface area (Å²) in [6.07, 6.45) is -1.42. The van der Waals surface area contributed by atoms with Crippen LogP contribution in [0.1, 0.15) is 29.4 Å². The number of thiophene rings is 1. The number of hydrogen-bond donors (Lipinski definition) is 1. The lowest BCUT2D eigenvalue weighted by atomic mass is 10.2. The van der Waals surface area contributed by atoms with Crippen LogP contribution in [-0.2, 0) is 14.3 Å². The van der Waals surface area contributed by atoms with Gasteiger partial charge in [-0.1, -0.05) is 6.07 Å². The molecule has 2 rings (SSSR count). The molecular weight excluding hydrogens is 379 g/mol. The first-order chi connectivity index (χ1) is 12.8. The number of amides is 1. The zero-order valence-electron chi connectivity index (χ0n) is 14.1. The molecule has 0 aliphatic rings. The Hall–Kier alpha value is -3.14. The summed E-state index contributed by atoms with van der Waals surface area (Å²) in [7, 11) is 0. The van der Waals surface area contributed by atoms with E-state index in [1.54, 1.807) is 17.5 Å². The Morgan fingerprint density at radius 2 is 2.04 bits per heavy atom. The fourth-order valence-electron chi connectivity index (χ4n) is 2.06. The van der Waals surface area contributed by atoms with Crippen LogP contribution < -0.4 is 5.32 Å². The molecule has 1 heterocycles. The van der Waals surface area contributed by atoms with Crippen LogP contribution in [-0.4, -0.2) is 28.7 Å². The predicted molar refractivity (Wildman–Crippen MR) is 95.1 cm³/mol. The number of anilines is 1. The largest absolute Gasteiger partial charge is 0.453 e. The number of Topliss-reactive ketones (excluding diaryl/α,β-unsaturated/α-hetero) is 1. The van der Waals surface area contributed by atoms with Crippen LogP contribution in [0, 0.1) is 15.9 Å². The minimum absolute atomic E-state index is 0.0103. The fraction of sp³-hybridized carbons (Fsp3) is 0.235. The monoisotopic (exact) mass is 394 g/mol. The van der Waals surface area contributed by atoms with Gasteiger partial charge in [0.15, 0.2) is 11.9 Å². The van der Waals surface area contributed by atoms with Crippen LogP contribution in [0.25, 0.3) is 0 Å². The van der Waals surface area contributed by atoms with Crippen LogP contribution in [0.2, 0.25) is 0 Å². The summed E-state index contributed by atoms with van der Waals surface area (Å²) in [5, 5.41) is 14.8.